The van der Waals surface area contributed by atoms with Crippen molar-refractivity contribution < 1.29 is 19.4 Å². The summed E-state index contributed by atoms with van der Waals surface area (Å²) in [5.74, 6) is -1.25. The standard InChI is InChI=1S/C23H21Cl2N3O6/c1-26(11-10-19(29)30)21(31)17-13-27(15-6-8-16(34-2)9-7-15)23(33)28(22(17)32)12-14-4-3-5-18(24)20(14)25/h3-9,13H,10-12H2,1-2H3,(H,29,30). The van der Waals surface area contributed by atoms with Crippen molar-refractivity contribution >= 4 is 35.1 Å². The van der Waals surface area contributed by atoms with Crippen molar-refractivity contribution in [1.82, 2.24) is 14.0 Å². The minimum absolute atomic E-state index is 0.116. The SMILES string of the molecule is COc1ccc(-n2cc(C(=O)N(C)CCC(=O)O)c(=O)n(Cc3cccc(Cl)c3Cl)c2=O)cc1. The molecule has 1 aromatic heterocycles. The second-order valence-corrected chi connectivity index (χ2v) is 8.15. The van der Waals surface area contributed by atoms with Gasteiger partial charge in [0.1, 0.15) is 11.3 Å². The van der Waals surface area contributed by atoms with Gasteiger partial charge in [0.2, 0.25) is 0 Å². The van der Waals surface area contributed by atoms with Gasteiger partial charge in [0.25, 0.3) is 11.5 Å². The monoisotopic (exact) mass is 505 g/mol. The number of nitrogens with zero attached hydrogens (tertiary/aromatic N) is 3. The molecule has 3 rings (SSSR count). The van der Waals surface area contributed by atoms with E-state index < -0.39 is 23.1 Å². The van der Waals surface area contributed by atoms with Crippen LogP contribution >= 0.6 is 23.2 Å². The maximum atomic E-state index is 13.3. The predicted molar refractivity (Wildman–Crippen MR) is 128 cm³/mol. The normalized spacial score (nSPS) is 10.7. The number of benzene rings is 2. The Balaban J connectivity index is 2.18. The number of aliphatic carboxylic acids is 1. The van der Waals surface area contributed by atoms with Crippen LogP contribution in [0.5, 0.6) is 5.75 Å². The van der Waals surface area contributed by atoms with Crippen LogP contribution in [0.2, 0.25) is 10.0 Å². The van der Waals surface area contributed by atoms with E-state index in [2.05, 4.69) is 0 Å². The largest absolute Gasteiger partial charge is 0.497 e. The average molecular weight is 506 g/mol. The summed E-state index contributed by atoms with van der Waals surface area (Å²) in [6.45, 7) is -0.345. The van der Waals surface area contributed by atoms with E-state index in [0.29, 0.717) is 17.0 Å². The molecule has 34 heavy (non-hydrogen) atoms. The first-order valence-electron chi connectivity index (χ1n) is 10.0. The van der Waals surface area contributed by atoms with E-state index in [1.807, 2.05) is 0 Å². The highest BCUT2D eigenvalue weighted by molar-refractivity contribution is 6.42. The molecule has 0 atom stereocenters. The maximum Gasteiger partial charge on any atom is 0.335 e. The molecule has 9 nitrogen and oxygen atoms in total. The average Bonchev–Trinajstić information content (AvgIpc) is 2.82. The van der Waals surface area contributed by atoms with Gasteiger partial charge in [-0.2, -0.15) is 0 Å². The van der Waals surface area contributed by atoms with Crippen LogP contribution in [0.3, 0.4) is 0 Å². The lowest BCUT2D eigenvalue weighted by atomic mass is 10.2. The fraction of sp³-hybridized carbons (Fsp3) is 0.217. The number of carboxylic acid groups (broad SMARTS) is 1. The van der Waals surface area contributed by atoms with Crippen molar-refractivity contribution in [2.24, 2.45) is 0 Å². The number of aromatic nitrogens is 2. The van der Waals surface area contributed by atoms with Crippen LogP contribution in [0.4, 0.5) is 0 Å². The molecule has 0 unspecified atom stereocenters. The van der Waals surface area contributed by atoms with E-state index in [0.717, 1.165) is 20.2 Å². The molecule has 1 amide bonds. The summed E-state index contributed by atoms with van der Waals surface area (Å²) in [5.41, 5.74) is -1.03. The van der Waals surface area contributed by atoms with E-state index in [9.17, 15) is 19.2 Å². The summed E-state index contributed by atoms with van der Waals surface area (Å²) < 4.78 is 7.20. The highest BCUT2D eigenvalue weighted by atomic mass is 35.5. The summed E-state index contributed by atoms with van der Waals surface area (Å²) >= 11 is 12.3. The zero-order chi connectivity index (χ0) is 25.0. The highest BCUT2D eigenvalue weighted by Crippen LogP contribution is 2.25. The Bertz CT molecular complexity index is 1350. The van der Waals surface area contributed by atoms with Crippen molar-refractivity contribution in [3.05, 3.63) is 90.7 Å². The number of carbonyl (C=O) groups excluding carboxylic acids is 1. The summed E-state index contributed by atoms with van der Waals surface area (Å²) in [7, 11) is 2.88. The topological polar surface area (TPSA) is 111 Å². The first-order chi connectivity index (χ1) is 16.1. The molecular formula is C23H21Cl2N3O6. The molecule has 0 aliphatic rings. The Morgan fingerprint density at radius 1 is 1.09 bits per heavy atom. The van der Waals surface area contributed by atoms with Gasteiger partial charge in [-0.05, 0) is 35.9 Å². The number of rotatable bonds is 8. The van der Waals surface area contributed by atoms with Crippen molar-refractivity contribution in [3.8, 4) is 11.4 Å². The van der Waals surface area contributed by atoms with Crippen molar-refractivity contribution in [2.75, 3.05) is 20.7 Å². The maximum absolute atomic E-state index is 13.3. The van der Waals surface area contributed by atoms with Crippen LogP contribution in [0.1, 0.15) is 22.3 Å². The van der Waals surface area contributed by atoms with Gasteiger partial charge in [0.05, 0.1) is 35.8 Å². The van der Waals surface area contributed by atoms with Crippen LogP contribution in [0, 0.1) is 0 Å². The van der Waals surface area contributed by atoms with E-state index in [1.165, 1.54) is 14.2 Å². The molecule has 2 aromatic carbocycles. The summed E-state index contributed by atoms with van der Waals surface area (Å²) in [4.78, 5) is 51.6. The van der Waals surface area contributed by atoms with Crippen molar-refractivity contribution in [2.45, 2.75) is 13.0 Å². The molecule has 0 radical (unpaired) electrons. The van der Waals surface area contributed by atoms with Crippen LogP contribution in [-0.2, 0) is 11.3 Å². The molecule has 1 N–H and O–H groups in total. The van der Waals surface area contributed by atoms with Gasteiger partial charge in [-0.25, -0.2) is 4.79 Å². The Morgan fingerprint density at radius 2 is 1.76 bits per heavy atom. The quantitative estimate of drug-likeness (QED) is 0.503. The molecule has 1 heterocycles. The lowest BCUT2D eigenvalue weighted by molar-refractivity contribution is -0.137. The number of halogens is 2. The zero-order valence-electron chi connectivity index (χ0n) is 18.3. The lowest BCUT2D eigenvalue weighted by Crippen LogP contribution is -2.44. The molecule has 0 saturated carbocycles. The number of carboxylic acids is 1. The highest BCUT2D eigenvalue weighted by Gasteiger charge is 2.22. The van der Waals surface area contributed by atoms with Crippen LogP contribution in [0.15, 0.2) is 58.3 Å². The van der Waals surface area contributed by atoms with Crippen LogP contribution < -0.4 is 16.0 Å². The molecular weight excluding hydrogens is 485 g/mol. The van der Waals surface area contributed by atoms with E-state index in [4.69, 9.17) is 33.0 Å². The lowest BCUT2D eigenvalue weighted by Gasteiger charge is -2.18. The van der Waals surface area contributed by atoms with E-state index in [1.54, 1.807) is 42.5 Å². The first kappa shape index (κ1) is 25.1. The number of hydrogen-bond donors (Lipinski definition) is 1. The molecule has 0 bridgehead atoms. The third-order valence-electron chi connectivity index (χ3n) is 5.12. The van der Waals surface area contributed by atoms with Crippen LogP contribution in [0.25, 0.3) is 5.69 Å². The molecule has 0 saturated heterocycles. The number of hydrogen-bond acceptors (Lipinski definition) is 5. The fourth-order valence-electron chi connectivity index (χ4n) is 3.23. The second-order valence-electron chi connectivity index (χ2n) is 7.37. The molecule has 0 spiro atoms. The van der Waals surface area contributed by atoms with Gasteiger partial charge < -0.3 is 14.7 Å². The number of carbonyl (C=O) groups is 2. The van der Waals surface area contributed by atoms with Crippen molar-refractivity contribution in [1.29, 1.82) is 0 Å². The Hall–Kier alpha value is -3.56. The predicted octanol–water partition coefficient (Wildman–Crippen LogP) is 2.91. The zero-order valence-corrected chi connectivity index (χ0v) is 19.8. The van der Waals surface area contributed by atoms with Gasteiger partial charge in [-0.1, -0.05) is 35.3 Å². The van der Waals surface area contributed by atoms with Crippen molar-refractivity contribution in [3.63, 3.8) is 0 Å². The molecule has 178 valence electrons. The second kappa shape index (κ2) is 10.6. The number of amides is 1. The molecule has 0 aliphatic heterocycles. The van der Waals surface area contributed by atoms with Gasteiger partial charge in [0, 0.05) is 19.8 Å². The third-order valence-corrected chi connectivity index (χ3v) is 5.98. The first-order valence-corrected chi connectivity index (χ1v) is 10.8. The smallest absolute Gasteiger partial charge is 0.335 e. The summed E-state index contributed by atoms with van der Waals surface area (Å²) in [6, 6.07) is 11.3. The molecule has 11 heteroatoms. The molecule has 0 fully saturated rings. The Kier molecular flexibility index (Phi) is 7.80. The van der Waals surface area contributed by atoms with Gasteiger partial charge in [-0.3, -0.25) is 23.5 Å². The fourth-order valence-corrected chi connectivity index (χ4v) is 3.61. The van der Waals surface area contributed by atoms with E-state index >= 15 is 0 Å². The molecule has 0 aliphatic carbocycles. The Labute approximate surface area is 204 Å². The van der Waals surface area contributed by atoms with E-state index in [-0.39, 0.29) is 35.1 Å². The van der Waals surface area contributed by atoms with Crippen LogP contribution in [-0.4, -0.2) is 51.7 Å². The number of ether oxygens (including phenoxy) is 1. The Morgan fingerprint density at radius 3 is 2.38 bits per heavy atom. The third kappa shape index (κ3) is 5.32. The van der Waals surface area contributed by atoms with Gasteiger partial charge in [0.15, 0.2) is 0 Å². The minimum atomic E-state index is -1.09. The number of methoxy groups -OCH3 is 1. The summed E-state index contributed by atoms with van der Waals surface area (Å²) in [6.07, 6.45) is 0.856. The minimum Gasteiger partial charge on any atom is -0.497 e. The van der Waals surface area contributed by atoms with Gasteiger partial charge in [-0.15, -0.1) is 0 Å². The summed E-state index contributed by atoms with van der Waals surface area (Å²) in [5, 5.41) is 9.35. The van der Waals surface area contributed by atoms with Gasteiger partial charge >= 0.3 is 11.7 Å². The molecule has 3 aromatic rings.